The van der Waals surface area contributed by atoms with Crippen molar-refractivity contribution in [2.45, 2.75) is 19.8 Å². The first kappa shape index (κ1) is 14.7. The molecule has 1 aliphatic rings. The predicted octanol–water partition coefficient (Wildman–Crippen LogP) is 2.28. The molecule has 0 amide bonds. The number of carbonyl (C=O) groups excluding carboxylic acids is 1. The Bertz CT molecular complexity index is 482. The summed E-state index contributed by atoms with van der Waals surface area (Å²) in [5.41, 5.74) is 7.72. The molecular formula is C15H22N2O3. The third-order valence-corrected chi connectivity index (χ3v) is 3.88. The molecule has 0 bridgehead atoms. The van der Waals surface area contributed by atoms with E-state index < -0.39 is 5.97 Å². The Labute approximate surface area is 119 Å². The number of hydrogen-bond acceptors (Lipinski definition) is 5. The second-order valence-electron chi connectivity index (χ2n) is 5.57. The highest BCUT2D eigenvalue weighted by Gasteiger charge is 2.27. The summed E-state index contributed by atoms with van der Waals surface area (Å²) in [6, 6.07) is 5.34. The van der Waals surface area contributed by atoms with Gasteiger partial charge in [0.05, 0.1) is 12.7 Å². The van der Waals surface area contributed by atoms with Crippen molar-refractivity contribution < 1.29 is 14.3 Å². The van der Waals surface area contributed by atoms with E-state index in [0.29, 0.717) is 11.3 Å². The lowest BCUT2D eigenvalue weighted by Gasteiger charge is -2.34. The van der Waals surface area contributed by atoms with Gasteiger partial charge in [0.15, 0.2) is 0 Å². The topological polar surface area (TPSA) is 73.6 Å². The Hall–Kier alpha value is -1.75. The minimum Gasteiger partial charge on any atom is -0.465 e. The van der Waals surface area contributed by atoms with Crippen LogP contribution in [0.5, 0.6) is 0 Å². The second-order valence-corrected chi connectivity index (χ2v) is 5.57. The summed E-state index contributed by atoms with van der Waals surface area (Å²) in [5, 5.41) is 3.38. The van der Waals surface area contributed by atoms with Crippen LogP contribution in [0.3, 0.4) is 0 Å². The Balaban J connectivity index is 2.04. The molecule has 110 valence electrons. The highest BCUT2D eigenvalue weighted by atomic mass is 16.5. The SMILES string of the molecule is COC(=O)c1cc(NCC2(C)CCOCC2)ccc1N. The predicted molar refractivity (Wildman–Crippen MR) is 78.8 cm³/mol. The largest absolute Gasteiger partial charge is 0.465 e. The first-order valence-corrected chi connectivity index (χ1v) is 6.83. The molecule has 5 heteroatoms. The smallest absolute Gasteiger partial charge is 0.340 e. The minimum atomic E-state index is -0.413. The summed E-state index contributed by atoms with van der Waals surface area (Å²) in [7, 11) is 1.35. The van der Waals surface area contributed by atoms with Gasteiger partial charge in [-0.05, 0) is 36.5 Å². The van der Waals surface area contributed by atoms with Crippen molar-refractivity contribution >= 4 is 17.3 Å². The van der Waals surface area contributed by atoms with Gasteiger partial charge >= 0.3 is 5.97 Å². The maximum absolute atomic E-state index is 11.6. The van der Waals surface area contributed by atoms with Gasteiger partial charge in [-0.15, -0.1) is 0 Å². The number of nitrogen functional groups attached to an aromatic ring is 1. The minimum absolute atomic E-state index is 0.227. The van der Waals surface area contributed by atoms with Crippen LogP contribution in [0.4, 0.5) is 11.4 Å². The molecule has 2 rings (SSSR count). The van der Waals surface area contributed by atoms with E-state index in [2.05, 4.69) is 12.2 Å². The van der Waals surface area contributed by atoms with Gasteiger partial charge in [0.25, 0.3) is 0 Å². The first-order chi connectivity index (χ1) is 9.54. The van der Waals surface area contributed by atoms with Crippen LogP contribution in [0.1, 0.15) is 30.1 Å². The van der Waals surface area contributed by atoms with E-state index in [1.54, 1.807) is 12.1 Å². The summed E-state index contributed by atoms with van der Waals surface area (Å²) < 4.78 is 10.1. The lowest BCUT2D eigenvalue weighted by Crippen LogP contribution is -2.33. The van der Waals surface area contributed by atoms with Gasteiger partial charge in [-0.25, -0.2) is 4.79 Å². The number of nitrogens with two attached hydrogens (primary N) is 1. The van der Waals surface area contributed by atoms with Crippen LogP contribution in [-0.4, -0.2) is 32.8 Å². The zero-order chi connectivity index (χ0) is 14.6. The number of benzene rings is 1. The molecule has 0 aliphatic carbocycles. The Morgan fingerprint density at radius 2 is 2.15 bits per heavy atom. The van der Waals surface area contributed by atoms with Crippen LogP contribution in [0, 0.1) is 5.41 Å². The van der Waals surface area contributed by atoms with Gasteiger partial charge in [0, 0.05) is 31.1 Å². The third kappa shape index (κ3) is 3.42. The zero-order valence-corrected chi connectivity index (χ0v) is 12.1. The van der Waals surface area contributed by atoms with Gasteiger partial charge in [-0.2, -0.15) is 0 Å². The lowest BCUT2D eigenvalue weighted by atomic mass is 9.82. The van der Waals surface area contributed by atoms with Crippen molar-refractivity contribution in [1.82, 2.24) is 0 Å². The van der Waals surface area contributed by atoms with E-state index in [1.807, 2.05) is 6.07 Å². The molecule has 1 heterocycles. The Morgan fingerprint density at radius 3 is 2.80 bits per heavy atom. The maximum Gasteiger partial charge on any atom is 0.340 e. The van der Waals surface area contributed by atoms with Crippen molar-refractivity contribution in [3.63, 3.8) is 0 Å². The molecule has 1 aromatic carbocycles. The van der Waals surface area contributed by atoms with E-state index in [4.69, 9.17) is 15.2 Å². The molecule has 0 aromatic heterocycles. The standard InChI is InChI=1S/C15H22N2O3/c1-15(5-7-20-8-6-15)10-17-11-3-4-13(16)12(9-11)14(18)19-2/h3-4,9,17H,5-8,10,16H2,1-2H3. The molecule has 3 N–H and O–H groups in total. The highest BCUT2D eigenvalue weighted by Crippen LogP contribution is 2.30. The van der Waals surface area contributed by atoms with Crippen molar-refractivity contribution in [3.8, 4) is 0 Å². The van der Waals surface area contributed by atoms with E-state index in [9.17, 15) is 4.79 Å². The maximum atomic E-state index is 11.6. The summed E-state index contributed by atoms with van der Waals surface area (Å²) in [5.74, 6) is -0.413. The fourth-order valence-corrected chi connectivity index (χ4v) is 2.31. The first-order valence-electron chi connectivity index (χ1n) is 6.83. The van der Waals surface area contributed by atoms with Crippen LogP contribution in [-0.2, 0) is 9.47 Å². The lowest BCUT2D eigenvalue weighted by molar-refractivity contribution is 0.0300. The molecular weight excluding hydrogens is 256 g/mol. The quantitative estimate of drug-likeness (QED) is 0.653. The average Bonchev–Trinajstić information content (AvgIpc) is 2.46. The zero-order valence-electron chi connectivity index (χ0n) is 12.1. The van der Waals surface area contributed by atoms with Crippen LogP contribution in [0.25, 0.3) is 0 Å². The Kier molecular flexibility index (Phi) is 4.49. The number of methoxy groups -OCH3 is 1. The summed E-state index contributed by atoms with van der Waals surface area (Å²) >= 11 is 0. The number of carbonyl (C=O) groups is 1. The fourth-order valence-electron chi connectivity index (χ4n) is 2.31. The number of nitrogens with one attached hydrogen (secondary N) is 1. The second kappa shape index (κ2) is 6.13. The van der Waals surface area contributed by atoms with Gasteiger partial charge in [-0.3, -0.25) is 0 Å². The monoisotopic (exact) mass is 278 g/mol. The van der Waals surface area contributed by atoms with Crippen molar-refractivity contribution in [2.75, 3.05) is 37.9 Å². The molecule has 0 atom stereocenters. The van der Waals surface area contributed by atoms with Crippen molar-refractivity contribution in [2.24, 2.45) is 5.41 Å². The number of anilines is 2. The van der Waals surface area contributed by atoms with E-state index >= 15 is 0 Å². The molecule has 20 heavy (non-hydrogen) atoms. The summed E-state index contributed by atoms with van der Waals surface area (Å²) in [6.45, 7) is 4.72. The fraction of sp³-hybridized carbons (Fsp3) is 0.533. The van der Waals surface area contributed by atoms with Crippen molar-refractivity contribution in [3.05, 3.63) is 23.8 Å². The molecule has 0 saturated carbocycles. The van der Waals surface area contributed by atoms with Crippen molar-refractivity contribution in [1.29, 1.82) is 0 Å². The number of esters is 1. The molecule has 1 aliphatic heterocycles. The molecule has 1 saturated heterocycles. The van der Waals surface area contributed by atoms with E-state index in [-0.39, 0.29) is 5.41 Å². The van der Waals surface area contributed by atoms with Gasteiger partial charge in [0.1, 0.15) is 0 Å². The highest BCUT2D eigenvalue weighted by molar-refractivity contribution is 5.96. The van der Waals surface area contributed by atoms with Gasteiger partial charge in [0.2, 0.25) is 0 Å². The normalized spacial score (nSPS) is 17.5. The molecule has 0 radical (unpaired) electrons. The van der Waals surface area contributed by atoms with E-state index in [0.717, 1.165) is 38.3 Å². The molecule has 0 unspecified atom stereocenters. The average molecular weight is 278 g/mol. The Morgan fingerprint density at radius 1 is 1.45 bits per heavy atom. The molecule has 0 spiro atoms. The summed E-state index contributed by atoms with van der Waals surface area (Å²) in [4.78, 5) is 11.6. The molecule has 1 aromatic rings. The van der Waals surface area contributed by atoms with Gasteiger partial charge < -0.3 is 20.5 Å². The molecule has 1 fully saturated rings. The van der Waals surface area contributed by atoms with Gasteiger partial charge in [-0.1, -0.05) is 6.92 Å². The summed E-state index contributed by atoms with van der Waals surface area (Å²) in [6.07, 6.45) is 2.08. The van der Waals surface area contributed by atoms with Crippen LogP contribution >= 0.6 is 0 Å². The third-order valence-electron chi connectivity index (χ3n) is 3.88. The molecule has 5 nitrogen and oxygen atoms in total. The number of ether oxygens (including phenoxy) is 2. The van der Waals surface area contributed by atoms with Crippen LogP contribution in [0.15, 0.2) is 18.2 Å². The van der Waals surface area contributed by atoms with E-state index in [1.165, 1.54) is 7.11 Å². The van der Waals surface area contributed by atoms with Crippen LogP contribution in [0.2, 0.25) is 0 Å². The van der Waals surface area contributed by atoms with Crippen LogP contribution < -0.4 is 11.1 Å². The number of hydrogen-bond donors (Lipinski definition) is 2. The number of rotatable bonds is 4.